The van der Waals surface area contributed by atoms with Gasteiger partial charge in [-0.3, -0.25) is 4.79 Å². The summed E-state index contributed by atoms with van der Waals surface area (Å²) in [6, 6.07) is 18.4. The molecule has 1 atom stereocenters. The van der Waals surface area contributed by atoms with Crippen LogP contribution in [-0.4, -0.2) is 41.7 Å². The number of carbonyl (C=O) groups excluding carboxylic acids is 1. The minimum absolute atomic E-state index is 0.141. The molecule has 9 heteroatoms. The van der Waals surface area contributed by atoms with E-state index in [-0.39, 0.29) is 12.2 Å². The monoisotopic (exact) mass is 580 g/mol. The van der Waals surface area contributed by atoms with Crippen LogP contribution in [0.3, 0.4) is 0 Å². The Balaban J connectivity index is 0.000000892. The molecule has 0 saturated heterocycles. The number of halogens is 2. The number of aliphatic carboxylic acids is 1. The van der Waals surface area contributed by atoms with Gasteiger partial charge in [-0.25, -0.2) is 13.6 Å². The highest BCUT2D eigenvalue weighted by atomic mass is 19.3. The second-order valence-electron chi connectivity index (χ2n) is 10.7. The number of aromatic hydroxyl groups is 1. The number of hydrogen-bond acceptors (Lipinski definition) is 6. The molecule has 0 fully saturated rings. The van der Waals surface area contributed by atoms with Crippen LogP contribution in [0.2, 0.25) is 0 Å². The van der Waals surface area contributed by atoms with Gasteiger partial charge in [0.2, 0.25) is 5.92 Å². The Kier molecular flexibility index (Phi) is 11.1. The van der Waals surface area contributed by atoms with Crippen molar-refractivity contribution in [2.75, 3.05) is 23.9 Å². The summed E-state index contributed by atoms with van der Waals surface area (Å²) in [5.41, 5.74) is 6.35. The van der Waals surface area contributed by atoms with Crippen molar-refractivity contribution >= 4 is 23.3 Å². The van der Waals surface area contributed by atoms with Crippen LogP contribution in [0, 0.1) is 6.92 Å². The van der Waals surface area contributed by atoms with E-state index in [1.807, 2.05) is 30.0 Å². The molecule has 1 aliphatic heterocycles. The SMILES string of the molecule is CC(C)(F)F.COc1cc(CCCCC(=O)O)cc(NC(C(=C=O)N2CCc3ccc(C)cc32)c2ccc(O)cc2)c1. The molecule has 0 saturated carbocycles. The number of nitrogens with one attached hydrogen (secondary N) is 1. The number of benzene rings is 3. The van der Waals surface area contributed by atoms with Crippen LogP contribution in [0.25, 0.3) is 0 Å². The number of aryl methyl sites for hydroxylation is 2. The highest BCUT2D eigenvalue weighted by Gasteiger charge is 2.29. The Bertz CT molecular complexity index is 1410. The number of unbranched alkanes of at least 4 members (excludes halogenated alkanes) is 1. The molecule has 3 N–H and O–H groups in total. The number of hydrogen-bond donors (Lipinski definition) is 3. The van der Waals surface area contributed by atoms with Crippen LogP contribution in [0.15, 0.2) is 66.4 Å². The lowest BCUT2D eigenvalue weighted by Gasteiger charge is -2.29. The summed E-state index contributed by atoms with van der Waals surface area (Å²) in [4.78, 5) is 25.4. The zero-order valence-electron chi connectivity index (χ0n) is 24.4. The van der Waals surface area contributed by atoms with Gasteiger partial charge >= 0.3 is 5.97 Å². The van der Waals surface area contributed by atoms with Gasteiger partial charge in [-0.15, -0.1) is 0 Å². The van der Waals surface area contributed by atoms with Gasteiger partial charge < -0.3 is 25.2 Å². The summed E-state index contributed by atoms with van der Waals surface area (Å²) in [6.45, 7) is 4.41. The van der Waals surface area contributed by atoms with E-state index in [9.17, 15) is 23.5 Å². The molecule has 3 aromatic carbocycles. The molecule has 224 valence electrons. The summed E-state index contributed by atoms with van der Waals surface area (Å²) < 4.78 is 27.6. The quantitative estimate of drug-likeness (QED) is 0.164. The minimum Gasteiger partial charge on any atom is -0.508 e. The fraction of sp³-hybridized carbons (Fsp3) is 0.364. The molecular formula is C33H38F2N2O5. The van der Waals surface area contributed by atoms with Crippen LogP contribution in [0.4, 0.5) is 20.2 Å². The Hall–Kier alpha value is -4.36. The third-order valence-corrected chi connectivity index (χ3v) is 6.65. The molecule has 0 aliphatic carbocycles. The van der Waals surface area contributed by atoms with Gasteiger partial charge in [0, 0.05) is 30.4 Å². The van der Waals surface area contributed by atoms with E-state index < -0.39 is 17.9 Å². The molecule has 3 aromatic rings. The number of alkyl halides is 2. The summed E-state index contributed by atoms with van der Waals surface area (Å²) in [7, 11) is 1.60. The number of phenols is 1. The molecule has 0 aromatic heterocycles. The first kappa shape index (κ1) is 32.2. The van der Waals surface area contributed by atoms with Crippen molar-refractivity contribution < 1.29 is 33.3 Å². The Labute approximate surface area is 245 Å². The van der Waals surface area contributed by atoms with Gasteiger partial charge in [0.15, 0.2) is 0 Å². The normalized spacial score (nSPS) is 12.9. The number of carboxylic acids is 1. The summed E-state index contributed by atoms with van der Waals surface area (Å²) in [5, 5.41) is 22.3. The number of ether oxygens (including phenoxy) is 1. The molecule has 1 heterocycles. The molecule has 0 radical (unpaired) electrons. The van der Waals surface area contributed by atoms with Gasteiger partial charge in [-0.2, -0.15) is 0 Å². The predicted molar refractivity (Wildman–Crippen MR) is 160 cm³/mol. The van der Waals surface area contributed by atoms with E-state index in [1.165, 1.54) is 5.56 Å². The summed E-state index contributed by atoms with van der Waals surface area (Å²) >= 11 is 0. The molecule has 1 aliphatic rings. The molecule has 42 heavy (non-hydrogen) atoms. The fourth-order valence-electron chi connectivity index (χ4n) is 4.76. The predicted octanol–water partition coefficient (Wildman–Crippen LogP) is 7.10. The molecule has 7 nitrogen and oxygen atoms in total. The first-order chi connectivity index (χ1) is 19.9. The van der Waals surface area contributed by atoms with Crippen molar-refractivity contribution in [3.8, 4) is 11.5 Å². The number of anilines is 2. The second-order valence-corrected chi connectivity index (χ2v) is 10.7. The van der Waals surface area contributed by atoms with Crippen molar-refractivity contribution in [1.29, 1.82) is 0 Å². The van der Waals surface area contributed by atoms with Crippen LogP contribution >= 0.6 is 0 Å². The van der Waals surface area contributed by atoms with Crippen LogP contribution in [0.1, 0.15) is 61.4 Å². The fourth-order valence-corrected chi connectivity index (χ4v) is 4.76. The Morgan fingerprint density at radius 3 is 2.40 bits per heavy atom. The maximum atomic E-state index is 12.5. The van der Waals surface area contributed by atoms with Crippen molar-refractivity contribution in [2.45, 2.75) is 64.8 Å². The number of rotatable bonds is 11. The molecule has 4 rings (SSSR count). The van der Waals surface area contributed by atoms with E-state index >= 15 is 0 Å². The van der Waals surface area contributed by atoms with Crippen LogP contribution < -0.4 is 15.0 Å². The standard InChI is InChI=1S/C30H32N2O5.C3H6F2/c1-20-7-8-22-13-14-32(27(22)15-20)28(19-33)30(23-9-11-25(34)12-10-23)31-24-16-21(17-26(18-24)37-2)5-3-4-6-29(35)36;1-3(2,4)5/h7-12,15-18,30-31,34H,3-6,13-14H2,1-2H3,(H,35,36);1-2H3. The van der Waals surface area contributed by atoms with Crippen molar-refractivity contribution in [1.82, 2.24) is 0 Å². The molecule has 1 unspecified atom stereocenters. The van der Waals surface area contributed by atoms with E-state index in [2.05, 4.69) is 29.5 Å². The van der Waals surface area contributed by atoms with Gasteiger partial charge in [0.25, 0.3) is 0 Å². The average molecular weight is 581 g/mol. The van der Waals surface area contributed by atoms with Crippen LogP contribution in [-0.2, 0) is 22.4 Å². The van der Waals surface area contributed by atoms with Gasteiger partial charge in [-0.05, 0) is 99.0 Å². The number of carboxylic acid groups (broad SMARTS) is 1. The Morgan fingerprint density at radius 1 is 1.10 bits per heavy atom. The van der Waals surface area contributed by atoms with Crippen molar-refractivity contribution in [3.05, 3.63) is 88.6 Å². The first-order valence-electron chi connectivity index (χ1n) is 13.8. The van der Waals surface area contributed by atoms with Gasteiger partial charge in [-0.1, -0.05) is 24.3 Å². The number of fused-ring (bicyclic) bond motifs is 1. The average Bonchev–Trinajstić information content (AvgIpc) is 3.33. The Morgan fingerprint density at radius 2 is 1.79 bits per heavy atom. The summed E-state index contributed by atoms with van der Waals surface area (Å²) in [6.07, 6.45) is 3.02. The van der Waals surface area contributed by atoms with E-state index in [4.69, 9.17) is 9.84 Å². The lowest BCUT2D eigenvalue weighted by Crippen LogP contribution is -2.29. The number of carbonyl (C=O) groups is 1. The minimum atomic E-state index is -2.50. The highest BCUT2D eigenvalue weighted by Crippen LogP contribution is 2.37. The highest BCUT2D eigenvalue weighted by molar-refractivity contribution is 5.73. The summed E-state index contributed by atoms with van der Waals surface area (Å²) in [5.74, 6) is -0.268. The van der Waals surface area contributed by atoms with Crippen molar-refractivity contribution in [2.24, 2.45) is 0 Å². The molecule has 0 amide bonds. The van der Waals surface area contributed by atoms with E-state index in [1.54, 1.807) is 31.4 Å². The number of methoxy groups -OCH3 is 1. The van der Waals surface area contributed by atoms with E-state index in [0.29, 0.717) is 30.8 Å². The molecule has 0 spiro atoms. The topological polar surface area (TPSA) is 99.1 Å². The first-order valence-corrected chi connectivity index (χ1v) is 13.8. The number of phenolic OH excluding ortho intramolecular Hbond substituents is 1. The maximum absolute atomic E-state index is 12.5. The smallest absolute Gasteiger partial charge is 0.303 e. The third-order valence-electron chi connectivity index (χ3n) is 6.65. The lowest BCUT2D eigenvalue weighted by atomic mass is 10.0. The third kappa shape index (κ3) is 9.63. The lowest BCUT2D eigenvalue weighted by molar-refractivity contribution is -0.137. The van der Waals surface area contributed by atoms with Gasteiger partial charge in [0.05, 0.1) is 7.11 Å². The molecule has 0 bridgehead atoms. The molecular weight excluding hydrogens is 542 g/mol. The van der Waals surface area contributed by atoms with Crippen LogP contribution in [0.5, 0.6) is 11.5 Å². The van der Waals surface area contributed by atoms with Crippen molar-refractivity contribution in [3.63, 3.8) is 0 Å². The van der Waals surface area contributed by atoms with E-state index in [0.717, 1.165) is 54.8 Å². The number of nitrogens with zero attached hydrogens (tertiary/aromatic N) is 1. The zero-order valence-corrected chi connectivity index (χ0v) is 24.4. The maximum Gasteiger partial charge on any atom is 0.303 e. The van der Waals surface area contributed by atoms with Gasteiger partial charge in [0.1, 0.15) is 29.2 Å². The second kappa shape index (κ2) is 14.5. The largest absolute Gasteiger partial charge is 0.508 e. The zero-order chi connectivity index (χ0) is 30.9.